The van der Waals surface area contributed by atoms with Crippen molar-refractivity contribution in [3.63, 3.8) is 0 Å². The second kappa shape index (κ2) is 9.08. The topological polar surface area (TPSA) is 89.5 Å². The Hall–Kier alpha value is -3.20. The van der Waals surface area contributed by atoms with Gasteiger partial charge >= 0.3 is 6.09 Å². The van der Waals surface area contributed by atoms with E-state index in [0.29, 0.717) is 26.8 Å². The Kier molecular flexibility index (Phi) is 6.51. The second-order valence-corrected chi connectivity index (χ2v) is 8.44. The molecule has 3 rings (SSSR count). The van der Waals surface area contributed by atoms with E-state index in [1.54, 1.807) is 51.1 Å². The highest BCUT2D eigenvalue weighted by molar-refractivity contribution is 7.20. The number of alkyl carbamates (subject to hydrolysis) is 1. The van der Waals surface area contributed by atoms with E-state index in [1.807, 2.05) is 0 Å². The molecular weight excluding hydrogens is 409 g/mol. The molecule has 3 aromatic rings. The summed E-state index contributed by atoms with van der Waals surface area (Å²) in [6.45, 7) is 5.47. The van der Waals surface area contributed by atoms with Crippen LogP contribution in [0.4, 0.5) is 14.9 Å². The van der Waals surface area contributed by atoms with Gasteiger partial charge in [-0.05, 0) is 63.2 Å². The first-order chi connectivity index (χ1) is 14.2. The number of benzene rings is 2. The van der Waals surface area contributed by atoms with E-state index in [2.05, 4.69) is 15.6 Å². The summed E-state index contributed by atoms with van der Waals surface area (Å²) in [6, 6.07) is 11.2. The van der Waals surface area contributed by atoms with Gasteiger partial charge in [-0.15, -0.1) is 0 Å². The maximum atomic E-state index is 13.3. The van der Waals surface area contributed by atoms with Crippen LogP contribution in [0.25, 0.3) is 10.2 Å². The van der Waals surface area contributed by atoms with Crippen molar-refractivity contribution >= 4 is 39.2 Å². The molecule has 0 fully saturated rings. The summed E-state index contributed by atoms with van der Waals surface area (Å²) in [6.07, 6.45) is -0.450. The molecule has 0 aliphatic carbocycles. The number of nitrogens with zero attached hydrogens (tertiary/aromatic N) is 1. The molecule has 30 heavy (non-hydrogen) atoms. The zero-order valence-electron chi connectivity index (χ0n) is 16.8. The zero-order valence-corrected chi connectivity index (χ0v) is 17.6. The Morgan fingerprint density at radius 1 is 1.13 bits per heavy atom. The standard InChI is InChI=1S/C21H22FN3O4S/c1-21(2,3)29-19(27)23-11-10-18(26)24-14-5-7-15(8-6-14)28-20-25-16-9-4-13(22)12-17(16)30-20/h4-9,12H,10-11H2,1-3H3,(H,23,27)(H,24,26). The van der Waals surface area contributed by atoms with Crippen molar-refractivity contribution in [3.05, 3.63) is 48.3 Å². The van der Waals surface area contributed by atoms with Gasteiger partial charge in [-0.3, -0.25) is 4.79 Å². The summed E-state index contributed by atoms with van der Waals surface area (Å²) in [5, 5.41) is 5.68. The molecule has 158 valence electrons. The van der Waals surface area contributed by atoms with Crippen LogP contribution in [0.2, 0.25) is 0 Å². The van der Waals surface area contributed by atoms with Crippen LogP contribution in [0.5, 0.6) is 10.9 Å². The van der Waals surface area contributed by atoms with Gasteiger partial charge in [0.25, 0.3) is 5.19 Å². The number of rotatable bonds is 6. The van der Waals surface area contributed by atoms with Gasteiger partial charge in [-0.25, -0.2) is 14.2 Å². The lowest BCUT2D eigenvalue weighted by molar-refractivity contribution is -0.116. The van der Waals surface area contributed by atoms with Crippen LogP contribution in [-0.2, 0) is 9.53 Å². The Bertz CT molecular complexity index is 1040. The van der Waals surface area contributed by atoms with E-state index in [1.165, 1.54) is 23.5 Å². The molecule has 2 amide bonds. The molecule has 9 heteroatoms. The minimum atomic E-state index is -0.586. The van der Waals surface area contributed by atoms with Crippen LogP contribution >= 0.6 is 11.3 Å². The SMILES string of the molecule is CC(C)(C)OC(=O)NCCC(=O)Nc1ccc(Oc2nc3ccc(F)cc3s2)cc1. The Morgan fingerprint density at radius 2 is 1.87 bits per heavy atom. The summed E-state index contributed by atoms with van der Waals surface area (Å²) >= 11 is 1.25. The van der Waals surface area contributed by atoms with Gasteiger partial charge in [-0.2, -0.15) is 0 Å². The number of halogens is 1. The van der Waals surface area contributed by atoms with Crippen molar-refractivity contribution in [2.45, 2.75) is 32.8 Å². The van der Waals surface area contributed by atoms with Gasteiger partial charge in [0, 0.05) is 18.7 Å². The van der Waals surface area contributed by atoms with E-state index < -0.39 is 11.7 Å². The molecule has 2 aromatic carbocycles. The van der Waals surface area contributed by atoms with Crippen LogP contribution in [0, 0.1) is 5.82 Å². The van der Waals surface area contributed by atoms with Gasteiger partial charge in [-0.1, -0.05) is 11.3 Å². The van der Waals surface area contributed by atoms with Crippen molar-refractivity contribution in [1.29, 1.82) is 0 Å². The fraction of sp³-hybridized carbons (Fsp3) is 0.286. The number of aromatic nitrogens is 1. The molecule has 0 bridgehead atoms. The largest absolute Gasteiger partial charge is 0.444 e. The predicted octanol–water partition coefficient (Wildman–Crippen LogP) is 5.08. The van der Waals surface area contributed by atoms with Gasteiger partial charge < -0.3 is 20.1 Å². The lowest BCUT2D eigenvalue weighted by Gasteiger charge is -2.19. The maximum Gasteiger partial charge on any atom is 0.407 e. The summed E-state index contributed by atoms with van der Waals surface area (Å²) < 4.78 is 24.8. The first-order valence-electron chi connectivity index (χ1n) is 9.29. The van der Waals surface area contributed by atoms with Crippen molar-refractivity contribution in [3.8, 4) is 10.9 Å². The molecule has 0 spiro atoms. The van der Waals surface area contributed by atoms with Crippen LogP contribution in [0.1, 0.15) is 27.2 Å². The Labute approximate surface area is 177 Å². The smallest absolute Gasteiger partial charge is 0.407 e. The van der Waals surface area contributed by atoms with E-state index in [9.17, 15) is 14.0 Å². The number of hydrogen-bond acceptors (Lipinski definition) is 6. The van der Waals surface area contributed by atoms with Crippen molar-refractivity contribution in [2.75, 3.05) is 11.9 Å². The van der Waals surface area contributed by atoms with Gasteiger partial charge in [0.15, 0.2) is 0 Å². The number of fused-ring (bicyclic) bond motifs is 1. The van der Waals surface area contributed by atoms with Crippen LogP contribution < -0.4 is 15.4 Å². The minimum absolute atomic E-state index is 0.111. The normalized spacial score (nSPS) is 11.2. The number of carbonyl (C=O) groups excluding carboxylic acids is 2. The first kappa shape index (κ1) is 21.5. The van der Waals surface area contributed by atoms with Gasteiger partial charge in [0.1, 0.15) is 17.2 Å². The molecule has 1 aromatic heterocycles. The maximum absolute atomic E-state index is 13.3. The summed E-state index contributed by atoms with van der Waals surface area (Å²) in [7, 11) is 0. The molecule has 0 saturated heterocycles. The number of hydrogen-bond donors (Lipinski definition) is 2. The third-order valence-corrected chi connectivity index (χ3v) is 4.59. The molecule has 0 radical (unpaired) electrons. The molecule has 0 aliphatic rings. The fourth-order valence-electron chi connectivity index (χ4n) is 2.44. The predicted molar refractivity (Wildman–Crippen MR) is 114 cm³/mol. The van der Waals surface area contributed by atoms with Gasteiger partial charge in [0.2, 0.25) is 5.91 Å². The summed E-state index contributed by atoms with van der Waals surface area (Å²) in [5.41, 5.74) is 0.675. The summed E-state index contributed by atoms with van der Waals surface area (Å²) in [4.78, 5) is 27.9. The number of nitrogens with one attached hydrogen (secondary N) is 2. The zero-order chi connectivity index (χ0) is 21.7. The van der Waals surface area contributed by atoms with Crippen molar-refractivity contribution in [2.24, 2.45) is 0 Å². The average molecular weight is 431 g/mol. The van der Waals surface area contributed by atoms with Crippen LogP contribution in [-0.4, -0.2) is 29.1 Å². The number of carbonyl (C=O) groups is 2. The van der Waals surface area contributed by atoms with E-state index in [-0.39, 0.29) is 24.7 Å². The number of ether oxygens (including phenoxy) is 2. The van der Waals surface area contributed by atoms with E-state index >= 15 is 0 Å². The number of thiazole rings is 1. The van der Waals surface area contributed by atoms with Crippen molar-refractivity contribution in [1.82, 2.24) is 10.3 Å². The van der Waals surface area contributed by atoms with Crippen LogP contribution in [0.3, 0.4) is 0 Å². The second-order valence-electron chi connectivity index (χ2n) is 7.45. The third-order valence-electron chi connectivity index (χ3n) is 3.69. The lowest BCUT2D eigenvalue weighted by atomic mass is 10.2. The molecule has 0 unspecified atom stereocenters. The minimum Gasteiger partial charge on any atom is -0.444 e. The first-order valence-corrected chi connectivity index (χ1v) is 10.1. The quantitative estimate of drug-likeness (QED) is 0.568. The van der Waals surface area contributed by atoms with Crippen molar-refractivity contribution < 1.29 is 23.5 Å². The monoisotopic (exact) mass is 431 g/mol. The molecule has 2 N–H and O–H groups in total. The Balaban J connectivity index is 1.47. The lowest BCUT2D eigenvalue weighted by Crippen LogP contribution is -2.34. The van der Waals surface area contributed by atoms with Gasteiger partial charge in [0.05, 0.1) is 10.2 Å². The molecule has 7 nitrogen and oxygen atoms in total. The number of anilines is 1. The molecule has 1 heterocycles. The van der Waals surface area contributed by atoms with E-state index in [4.69, 9.17) is 9.47 Å². The molecule has 0 aliphatic heterocycles. The molecule has 0 atom stereocenters. The highest BCUT2D eigenvalue weighted by atomic mass is 32.1. The Morgan fingerprint density at radius 3 is 2.57 bits per heavy atom. The molecule has 0 saturated carbocycles. The summed E-state index contributed by atoms with van der Waals surface area (Å²) in [5.74, 6) is -0.0221. The van der Waals surface area contributed by atoms with Crippen LogP contribution in [0.15, 0.2) is 42.5 Å². The average Bonchev–Trinajstić information content (AvgIpc) is 3.03. The number of amides is 2. The third kappa shape index (κ3) is 6.41. The fourth-order valence-corrected chi connectivity index (χ4v) is 3.30. The highest BCUT2D eigenvalue weighted by Crippen LogP contribution is 2.32. The highest BCUT2D eigenvalue weighted by Gasteiger charge is 2.16. The molecular formula is C21H22FN3O4S. The van der Waals surface area contributed by atoms with E-state index in [0.717, 1.165) is 0 Å².